The Morgan fingerprint density at radius 1 is 1.11 bits per heavy atom. The first kappa shape index (κ1) is 13.2. The van der Waals surface area contributed by atoms with E-state index in [1.54, 1.807) is 6.07 Å². The molecule has 0 saturated heterocycles. The molecule has 1 atom stereocenters. The standard InChI is InChI=1S/C15H16INO/c1-2-13(11-7-3-6-10-15(11)18)17-14-9-5-4-8-12(14)16/h3-10,13,17-18H,2H2,1H3. The van der Waals surface area contributed by atoms with Gasteiger partial charge in [0, 0.05) is 14.8 Å². The number of aromatic hydroxyl groups is 1. The smallest absolute Gasteiger partial charge is 0.120 e. The second kappa shape index (κ2) is 6.09. The Bertz CT molecular complexity index is 527. The maximum absolute atomic E-state index is 9.92. The largest absolute Gasteiger partial charge is 0.508 e. The number of anilines is 1. The van der Waals surface area contributed by atoms with Crippen molar-refractivity contribution in [2.24, 2.45) is 0 Å². The zero-order chi connectivity index (χ0) is 13.0. The van der Waals surface area contributed by atoms with Crippen molar-refractivity contribution in [2.45, 2.75) is 19.4 Å². The highest BCUT2D eigenvalue weighted by Crippen LogP contribution is 2.30. The molecule has 0 saturated carbocycles. The van der Waals surface area contributed by atoms with Gasteiger partial charge in [-0.05, 0) is 47.2 Å². The van der Waals surface area contributed by atoms with Crippen LogP contribution in [0.2, 0.25) is 0 Å². The highest BCUT2D eigenvalue weighted by atomic mass is 127. The van der Waals surface area contributed by atoms with Crippen LogP contribution in [0.4, 0.5) is 5.69 Å². The molecule has 1 unspecified atom stereocenters. The molecule has 2 nitrogen and oxygen atoms in total. The molecule has 0 fully saturated rings. The number of halogens is 1. The molecule has 2 aromatic rings. The minimum Gasteiger partial charge on any atom is -0.508 e. The number of benzene rings is 2. The molecular weight excluding hydrogens is 337 g/mol. The third-order valence-electron chi connectivity index (χ3n) is 2.92. The van der Waals surface area contributed by atoms with Crippen LogP contribution < -0.4 is 5.32 Å². The van der Waals surface area contributed by atoms with E-state index in [-0.39, 0.29) is 6.04 Å². The van der Waals surface area contributed by atoms with Crippen molar-refractivity contribution < 1.29 is 5.11 Å². The van der Waals surface area contributed by atoms with Crippen LogP contribution in [0.25, 0.3) is 0 Å². The van der Waals surface area contributed by atoms with Gasteiger partial charge in [0.1, 0.15) is 5.75 Å². The SMILES string of the molecule is CCC(Nc1ccccc1I)c1ccccc1O. The summed E-state index contributed by atoms with van der Waals surface area (Å²) >= 11 is 2.31. The predicted molar refractivity (Wildman–Crippen MR) is 83.9 cm³/mol. The third-order valence-corrected chi connectivity index (χ3v) is 3.86. The molecule has 0 aliphatic rings. The van der Waals surface area contributed by atoms with Gasteiger partial charge in [-0.2, -0.15) is 0 Å². The van der Waals surface area contributed by atoms with Crippen molar-refractivity contribution >= 4 is 28.3 Å². The van der Waals surface area contributed by atoms with Crippen molar-refractivity contribution in [3.8, 4) is 5.75 Å². The molecule has 2 aromatic carbocycles. The number of para-hydroxylation sites is 2. The summed E-state index contributed by atoms with van der Waals surface area (Å²) in [5.74, 6) is 0.350. The van der Waals surface area contributed by atoms with Crippen molar-refractivity contribution in [3.63, 3.8) is 0 Å². The monoisotopic (exact) mass is 353 g/mol. The lowest BCUT2D eigenvalue weighted by molar-refractivity contribution is 0.463. The average Bonchev–Trinajstić information content (AvgIpc) is 2.39. The minimum atomic E-state index is 0.127. The first-order valence-corrected chi connectivity index (χ1v) is 7.09. The van der Waals surface area contributed by atoms with Crippen LogP contribution in [0.15, 0.2) is 48.5 Å². The Labute approximate surface area is 121 Å². The van der Waals surface area contributed by atoms with Crippen LogP contribution in [0.1, 0.15) is 24.9 Å². The number of phenols is 1. The fourth-order valence-corrected chi connectivity index (χ4v) is 2.49. The summed E-state index contributed by atoms with van der Waals surface area (Å²) in [6.45, 7) is 2.11. The average molecular weight is 353 g/mol. The summed E-state index contributed by atoms with van der Waals surface area (Å²) < 4.78 is 1.18. The van der Waals surface area contributed by atoms with Gasteiger partial charge in [0.15, 0.2) is 0 Å². The first-order valence-electron chi connectivity index (χ1n) is 6.01. The molecule has 18 heavy (non-hydrogen) atoms. The lowest BCUT2D eigenvalue weighted by Crippen LogP contribution is -2.10. The van der Waals surface area contributed by atoms with Crippen LogP contribution in [-0.2, 0) is 0 Å². The van der Waals surface area contributed by atoms with Gasteiger partial charge in [0.05, 0.1) is 6.04 Å². The quantitative estimate of drug-likeness (QED) is 0.790. The van der Waals surface area contributed by atoms with Gasteiger partial charge in [0.25, 0.3) is 0 Å². The van der Waals surface area contributed by atoms with Crippen LogP contribution in [0.5, 0.6) is 5.75 Å². The topological polar surface area (TPSA) is 32.3 Å². The van der Waals surface area contributed by atoms with E-state index in [0.29, 0.717) is 5.75 Å². The molecule has 3 heteroatoms. The van der Waals surface area contributed by atoms with Gasteiger partial charge >= 0.3 is 0 Å². The van der Waals surface area contributed by atoms with E-state index in [1.807, 2.05) is 30.3 Å². The van der Waals surface area contributed by atoms with Crippen molar-refractivity contribution in [1.29, 1.82) is 0 Å². The normalized spacial score (nSPS) is 12.1. The van der Waals surface area contributed by atoms with E-state index in [4.69, 9.17) is 0 Å². The Morgan fingerprint density at radius 2 is 1.78 bits per heavy atom. The molecule has 0 aromatic heterocycles. The highest BCUT2D eigenvalue weighted by Gasteiger charge is 2.13. The predicted octanol–water partition coefficient (Wildman–Crippen LogP) is 4.56. The van der Waals surface area contributed by atoms with Gasteiger partial charge in [-0.1, -0.05) is 37.3 Å². The van der Waals surface area contributed by atoms with Crippen molar-refractivity contribution in [3.05, 3.63) is 57.7 Å². The summed E-state index contributed by atoms with van der Waals surface area (Å²) in [6, 6.07) is 15.8. The number of hydrogen-bond donors (Lipinski definition) is 2. The Morgan fingerprint density at radius 3 is 2.44 bits per heavy atom. The fraction of sp³-hybridized carbons (Fsp3) is 0.200. The lowest BCUT2D eigenvalue weighted by Gasteiger charge is -2.20. The van der Waals surface area contributed by atoms with Gasteiger partial charge < -0.3 is 10.4 Å². The first-order chi connectivity index (χ1) is 8.72. The summed E-state index contributed by atoms with van der Waals surface area (Å²) in [6.07, 6.45) is 0.919. The molecule has 0 heterocycles. The van der Waals surface area contributed by atoms with E-state index in [9.17, 15) is 5.11 Å². The third kappa shape index (κ3) is 2.96. The number of nitrogens with one attached hydrogen (secondary N) is 1. The Kier molecular flexibility index (Phi) is 4.47. The Balaban J connectivity index is 2.26. The summed E-state index contributed by atoms with van der Waals surface area (Å²) in [5.41, 5.74) is 2.05. The lowest BCUT2D eigenvalue weighted by atomic mass is 10.0. The maximum atomic E-state index is 9.92. The molecule has 0 radical (unpaired) electrons. The minimum absolute atomic E-state index is 0.127. The fourth-order valence-electron chi connectivity index (χ4n) is 1.95. The van der Waals surface area contributed by atoms with Crippen molar-refractivity contribution in [1.82, 2.24) is 0 Å². The summed E-state index contributed by atoms with van der Waals surface area (Å²) in [4.78, 5) is 0. The molecule has 0 aliphatic carbocycles. The van der Waals surface area contributed by atoms with Crippen LogP contribution in [0.3, 0.4) is 0 Å². The molecule has 0 aliphatic heterocycles. The van der Waals surface area contributed by atoms with E-state index in [1.165, 1.54) is 3.57 Å². The molecule has 0 amide bonds. The van der Waals surface area contributed by atoms with Crippen LogP contribution in [0, 0.1) is 3.57 Å². The maximum Gasteiger partial charge on any atom is 0.120 e. The van der Waals surface area contributed by atoms with Gasteiger partial charge in [-0.25, -0.2) is 0 Å². The zero-order valence-electron chi connectivity index (χ0n) is 10.2. The van der Waals surface area contributed by atoms with E-state index >= 15 is 0 Å². The van der Waals surface area contributed by atoms with Gasteiger partial charge in [0.2, 0.25) is 0 Å². The molecule has 2 N–H and O–H groups in total. The zero-order valence-corrected chi connectivity index (χ0v) is 12.4. The van der Waals surface area contributed by atoms with Crippen LogP contribution >= 0.6 is 22.6 Å². The molecule has 2 rings (SSSR count). The number of hydrogen-bond acceptors (Lipinski definition) is 2. The molecular formula is C15H16INO. The molecule has 0 bridgehead atoms. The van der Waals surface area contributed by atoms with E-state index < -0.39 is 0 Å². The van der Waals surface area contributed by atoms with Crippen molar-refractivity contribution in [2.75, 3.05) is 5.32 Å². The highest BCUT2D eigenvalue weighted by molar-refractivity contribution is 14.1. The second-order valence-corrected chi connectivity index (χ2v) is 5.31. The summed E-state index contributed by atoms with van der Waals surface area (Å²) in [5, 5.41) is 13.4. The number of phenolic OH excluding ortho intramolecular Hbond substituents is 1. The number of rotatable bonds is 4. The summed E-state index contributed by atoms with van der Waals surface area (Å²) in [7, 11) is 0. The van der Waals surface area contributed by atoms with E-state index in [0.717, 1.165) is 17.7 Å². The second-order valence-electron chi connectivity index (χ2n) is 4.14. The molecule has 0 spiro atoms. The van der Waals surface area contributed by atoms with Gasteiger partial charge in [-0.3, -0.25) is 0 Å². The van der Waals surface area contributed by atoms with Gasteiger partial charge in [-0.15, -0.1) is 0 Å². The van der Waals surface area contributed by atoms with E-state index in [2.05, 4.69) is 47.0 Å². The Hall–Kier alpha value is -1.23. The molecule has 94 valence electrons. The van der Waals surface area contributed by atoms with Crippen LogP contribution in [-0.4, -0.2) is 5.11 Å².